The van der Waals surface area contributed by atoms with E-state index in [1.54, 1.807) is 13.8 Å². The number of hydrogen-bond donors (Lipinski definition) is 1. The van der Waals surface area contributed by atoms with Gasteiger partial charge >= 0.3 is 5.97 Å². The van der Waals surface area contributed by atoms with Gasteiger partial charge in [-0.2, -0.15) is 5.26 Å². The maximum atomic E-state index is 12.3. The van der Waals surface area contributed by atoms with Gasteiger partial charge in [0.05, 0.1) is 29.2 Å². The number of benzene rings is 1. The van der Waals surface area contributed by atoms with Crippen LogP contribution in [0.1, 0.15) is 39.7 Å². The van der Waals surface area contributed by atoms with Gasteiger partial charge in [0, 0.05) is 5.69 Å². The molecule has 7 heteroatoms. The summed E-state index contributed by atoms with van der Waals surface area (Å²) in [5.41, 5.74) is 3.84. The number of ether oxygens (including phenoxy) is 1. The van der Waals surface area contributed by atoms with Gasteiger partial charge in [-0.1, -0.05) is 29.5 Å². The Balaban J connectivity index is 2.10. The minimum atomic E-state index is -0.511. The number of hydrogen-bond acceptors (Lipinski definition) is 6. The number of anilines is 1. The third-order valence-corrected chi connectivity index (χ3v) is 4.78. The molecule has 27 heavy (non-hydrogen) atoms. The summed E-state index contributed by atoms with van der Waals surface area (Å²) in [4.78, 5) is 28.5. The zero-order valence-corrected chi connectivity index (χ0v) is 16.6. The highest BCUT2D eigenvalue weighted by Crippen LogP contribution is 2.24. The van der Waals surface area contributed by atoms with Crippen molar-refractivity contribution in [3.63, 3.8) is 0 Å². The topological polar surface area (TPSA) is 92.1 Å². The Labute approximate surface area is 162 Å². The van der Waals surface area contributed by atoms with Gasteiger partial charge in [0.25, 0.3) is 0 Å². The Hall–Kier alpha value is -2.85. The number of nitrogens with zero attached hydrogens (tertiary/aromatic N) is 2. The second kappa shape index (κ2) is 9.19. The monoisotopic (exact) mass is 383 g/mol. The van der Waals surface area contributed by atoms with Gasteiger partial charge < -0.3 is 10.1 Å². The van der Waals surface area contributed by atoms with Crippen molar-refractivity contribution in [1.29, 1.82) is 5.26 Å². The lowest BCUT2D eigenvalue weighted by atomic mass is 10.1. The summed E-state index contributed by atoms with van der Waals surface area (Å²) in [6.45, 7) is 7.56. The number of esters is 1. The maximum absolute atomic E-state index is 12.3. The molecule has 0 saturated heterocycles. The molecule has 140 valence electrons. The molecule has 0 saturated carbocycles. The van der Waals surface area contributed by atoms with Crippen LogP contribution in [0.3, 0.4) is 0 Å². The van der Waals surface area contributed by atoms with Crippen LogP contribution in [0, 0.1) is 32.1 Å². The van der Waals surface area contributed by atoms with Crippen LogP contribution in [-0.4, -0.2) is 29.2 Å². The molecule has 1 aromatic carbocycles. The Morgan fingerprint density at radius 2 is 2.00 bits per heavy atom. The Morgan fingerprint density at radius 1 is 1.26 bits per heavy atom. The third-order valence-electron chi connectivity index (χ3n) is 3.79. The zero-order chi connectivity index (χ0) is 20.0. The second-order valence-corrected chi connectivity index (χ2v) is 6.93. The predicted molar refractivity (Wildman–Crippen MR) is 105 cm³/mol. The summed E-state index contributed by atoms with van der Waals surface area (Å²) >= 11 is 1.16. The minimum Gasteiger partial charge on any atom is -0.462 e. The van der Waals surface area contributed by atoms with Crippen LogP contribution in [0.25, 0.3) is 0 Å². The van der Waals surface area contributed by atoms with E-state index < -0.39 is 5.97 Å². The summed E-state index contributed by atoms with van der Waals surface area (Å²) in [6, 6.07) is 9.28. The van der Waals surface area contributed by atoms with Crippen LogP contribution in [0.15, 0.2) is 29.3 Å². The number of carbonyl (C=O) groups excluding carboxylic acids is 2. The molecule has 0 fully saturated rings. The van der Waals surface area contributed by atoms with Gasteiger partial charge in [-0.25, -0.2) is 9.78 Å². The fourth-order valence-corrected chi connectivity index (χ4v) is 3.26. The summed E-state index contributed by atoms with van der Waals surface area (Å²) in [6.07, 6.45) is 0. The standard InChI is InChI=1S/C20H21N3O3S/c1-5-26-20(25)16-9-15(10-21)19(22-14(16)4)27-11-18(24)23-17-7-6-12(2)8-13(17)3/h6-9H,5,11H2,1-4H3,(H,23,24). The van der Waals surface area contributed by atoms with Gasteiger partial charge in [-0.05, 0) is 45.4 Å². The molecule has 0 bridgehead atoms. The van der Waals surface area contributed by atoms with Crippen molar-refractivity contribution in [3.05, 3.63) is 52.2 Å². The fourth-order valence-electron chi connectivity index (χ4n) is 2.46. The molecular formula is C20H21N3O3S. The summed E-state index contributed by atoms with van der Waals surface area (Å²) in [5, 5.41) is 12.6. The van der Waals surface area contributed by atoms with Crippen LogP contribution in [-0.2, 0) is 9.53 Å². The van der Waals surface area contributed by atoms with Crippen LogP contribution < -0.4 is 5.32 Å². The van der Waals surface area contributed by atoms with Crippen molar-refractivity contribution in [2.24, 2.45) is 0 Å². The first-order chi connectivity index (χ1) is 12.8. The van der Waals surface area contributed by atoms with Crippen molar-refractivity contribution in [3.8, 4) is 6.07 Å². The van der Waals surface area contributed by atoms with Crippen molar-refractivity contribution >= 4 is 29.3 Å². The van der Waals surface area contributed by atoms with Crippen LogP contribution in [0.5, 0.6) is 0 Å². The highest BCUT2D eigenvalue weighted by molar-refractivity contribution is 8.00. The van der Waals surface area contributed by atoms with E-state index in [0.29, 0.717) is 10.7 Å². The number of pyridine rings is 1. The quantitative estimate of drug-likeness (QED) is 0.603. The largest absolute Gasteiger partial charge is 0.462 e. The van der Waals surface area contributed by atoms with Gasteiger partial charge in [-0.15, -0.1) is 0 Å². The number of aryl methyl sites for hydroxylation is 3. The van der Waals surface area contributed by atoms with Crippen molar-refractivity contribution in [2.45, 2.75) is 32.7 Å². The lowest BCUT2D eigenvalue weighted by Crippen LogP contribution is -2.15. The molecule has 6 nitrogen and oxygen atoms in total. The summed E-state index contributed by atoms with van der Waals surface area (Å²) in [7, 11) is 0. The smallest absolute Gasteiger partial charge is 0.340 e. The molecular weight excluding hydrogens is 362 g/mol. The van der Waals surface area contributed by atoms with Gasteiger partial charge in [-0.3, -0.25) is 4.79 Å². The molecule has 1 heterocycles. The molecule has 0 unspecified atom stereocenters. The SMILES string of the molecule is CCOC(=O)c1cc(C#N)c(SCC(=O)Nc2ccc(C)cc2C)nc1C. The number of amides is 1. The number of carbonyl (C=O) groups is 2. The van der Waals surface area contributed by atoms with Crippen LogP contribution in [0.4, 0.5) is 5.69 Å². The molecule has 0 spiro atoms. The Bertz CT molecular complexity index is 919. The number of nitrogens with one attached hydrogen (secondary N) is 1. The highest BCUT2D eigenvalue weighted by atomic mass is 32.2. The van der Waals surface area contributed by atoms with E-state index in [2.05, 4.69) is 10.3 Å². The molecule has 2 rings (SSSR count). The average molecular weight is 383 g/mol. The van der Waals surface area contributed by atoms with Crippen molar-refractivity contribution in [2.75, 3.05) is 17.7 Å². The van der Waals surface area contributed by atoms with E-state index in [1.807, 2.05) is 38.1 Å². The molecule has 0 aliphatic rings. The maximum Gasteiger partial charge on any atom is 0.340 e. The lowest BCUT2D eigenvalue weighted by Gasteiger charge is -2.11. The number of thioether (sulfide) groups is 1. The van der Waals surface area contributed by atoms with E-state index >= 15 is 0 Å². The minimum absolute atomic E-state index is 0.104. The molecule has 1 amide bonds. The lowest BCUT2D eigenvalue weighted by molar-refractivity contribution is -0.113. The van der Waals surface area contributed by atoms with Gasteiger partial charge in [0.2, 0.25) is 5.91 Å². The zero-order valence-electron chi connectivity index (χ0n) is 15.8. The van der Waals surface area contributed by atoms with Crippen molar-refractivity contribution in [1.82, 2.24) is 4.98 Å². The van der Waals surface area contributed by atoms with Crippen LogP contribution in [0.2, 0.25) is 0 Å². The highest BCUT2D eigenvalue weighted by Gasteiger charge is 2.17. The Morgan fingerprint density at radius 3 is 2.63 bits per heavy atom. The molecule has 0 atom stereocenters. The first kappa shape index (κ1) is 20.5. The van der Waals surface area contributed by atoms with E-state index in [1.165, 1.54) is 6.07 Å². The first-order valence-corrected chi connectivity index (χ1v) is 9.43. The van der Waals surface area contributed by atoms with Gasteiger partial charge in [0.1, 0.15) is 11.1 Å². The second-order valence-electron chi connectivity index (χ2n) is 5.96. The number of rotatable bonds is 6. The number of aromatic nitrogens is 1. The van der Waals surface area contributed by atoms with E-state index in [9.17, 15) is 14.9 Å². The van der Waals surface area contributed by atoms with E-state index in [-0.39, 0.29) is 29.4 Å². The molecule has 0 aliphatic carbocycles. The normalized spacial score (nSPS) is 10.2. The summed E-state index contributed by atoms with van der Waals surface area (Å²) < 4.78 is 4.97. The first-order valence-electron chi connectivity index (χ1n) is 8.44. The molecule has 0 radical (unpaired) electrons. The molecule has 0 aliphatic heterocycles. The van der Waals surface area contributed by atoms with E-state index in [0.717, 1.165) is 28.6 Å². The fraction of sp³-hybridized carbons (Fsp3) is 0.300. The summed E-state index contributed by atoms with van der Waals surface area (Å²) in [5.74, 6) is -0.597. The third kappa shape index (κ3) is 5.31. The molecule has 2 aromatic rings. The van der Waals surface area contributed by atoms with Crippen LogP contribution >= 0.6 is 11.8 Å². The number of nitriles is 1. The van der Waals surface area contributed by atoms with E-state index in [4.69, 9.17) is 4.74 Å². The average Bonchev–Trinajstić information content (AvgIpc) is 2.62. The molecule has 1 N–H and O–H groups in total. The Kier molecular flexibility index (Phi) is 6.97. The predicted octanol–water partition coefficient (Wildman–Crippen LogP) is 3.79. The van der Waals surface area contributed by atoms with Gasteiger partial charge in [0.15, 0.2) is 0 Å². The van der Waals surface area contributed by atoms with Crippen molar-refractivity contribution < 1.29 is 14.3 Å². The molecule has 1 aromatic heterocycles.